The standard InChI is InChI=1S/C35H41NO4S/c1-21(2)25-12-10-23(5)33-27(16-29(30(33)17-25)20-36(37)35(7,8)9)14-15-28-19-32(41(38,39)40)31-18-26(22(3)4)13-11-24(6)34(28)31/h10-22H,1-9H3,(H,38,39,40)/b15-14+,36-20-. The molecule has 0 unspecified atom stereocenters. The number of hydrogen-bond donors (Lipinski definition) is 1. The number of fused-ring (bicyclic) bond motifs is 2. The molecule has 0 amide bonds. The fraction of sp³-hybridized carbons (Fsp3) is 0.343. The number of aryl methyl sites for hydroxylation is 2. The second-order valence-corrected chi connectivity index (χ2v) is 14.1. The average Bonchev–Trinajstić information content (AvgIpc) is 3.26. The summed E-state index contributed by atoms with van der Waals surface area (Å²) in [5, 5.41) is 13.0. The Hall–Kier alpha value is -3.48. The van der Waals surface area contributed by atoms with Gasteiger partial charge in [0.2, 0.25) is 0 Å². The first-order valence-corrected chi connectivity index (χ1v) is 15.5. The lowest BCUT2D eigenvalue weighted by Crippen LogP contribution is -2.29. The van der Waals surface area contributed by atoms with Crippen LogP contribution in [0.25, 0.3) is 34.4 Å². The minimum atomic E-state index is -4.45. The molecule has 5 nitrogen and oxygen atoms in total. The van der Waals surface area contributed by atoms with E-state index in [1.807, 2.05) is 64.1 Å². The summed E-state index contributed by atoms with van der Waals surface area (Å²) < 4.78 is 36.0. The van der Waals surface area contributed by atoms with Crippen LogP contribution in [0, 0.1) is 19.1 Å². The summed E-state index contributed by atoms with van der Waals surface area (Å²) in [7, 11) is -4.45. The highest BCUT2D eigenvalue weighted by Crippen LogP contribution is 2.41. The lowest BCUT2D eigenvalue weighted by Gasteiger charge is -2.18. The molecule has 4 rings (SSSR count). The van der Waals surface area contributed by atoms with Crippen LogP contribution >= 0.6 is 0 Å². The van der Waals surface area contributed by atoms with Crippen molar-refractivity contribution in [2.24, 2.45) is 0 Å². The minimum absolute atomic E-state index is 0.0916. The zero-order valence-electron chi connectivity index (χ0n) is 25.5. The molecular weight excluding hydrogens is 530 g/mol. The number of hydrogen-bond acceptors (Lipinski definition) is 3. The third kappa shape index (κ3) is 6.24. The molecule has 0 spiro atoms. The molecule has 0 aromatic rings. The van der Waals surface area contributed by atoms with E-state index in [1.165, 1.54) is 5.56 Å². The van der Waals surface area contributed by atoms with Crippen LogP contribution in [0.3, 0.4) is 0 Å². The summed E-state index contributed by atoms with van der Waals surface area (Å²) >= 11 is 0. The van der Waals surface area contributed by atoms with E-state index in [2.05, 4.69) is 52.8 Å². The minimum Gasteiger partial charge on any atom is -0.623 e. The molecule has 4 aliphatic rings. The Balaban J connectivity index is 1.97. The van der Waals surface area contributed by atoms with Gasteiger partial charge in [0, 0.05) is 31.9 Å². The van der Waals surface area contributed by atoms with Gasteiger partial charge in [-0.15, -0.1) is 0 Å². The van der Waals surface area contributed by atoms with Crippen molar-refractivity contribution in [3.63, 3.8) is 0 Å². The van der Waals surface area contributed by atoms with Crippen LogP contribution in [0.1, 0.15) is 99.2 Å². The third-order valence-electron chi connectivity index (χ3n) is 7.72. The highest BCUT2D eigenvalue weighted by molar-refractivity contribution is 7.86. The normalized spacial score (nSPS) is 13.4. The molecule has 6 heteroatoms. The molecule has 0 bridgehead atoms. The molecule has 0 saturated heterocycles. The fourth-order valence-corrected chi connectivity index (χ4v) is 5.92. The van der Waals surface area contributed by atoms with Gasteiger partial charge in [0.15, 0.2) is 11.8 Å². The monoisotopic (exact) mass is 571 g/mol. The Labute approximate surface area is 245 Å². The highest BCUT2D eigenvalue weighted by Gasteiger charge is 2.26. The van der Waals surface area contributed by atoms with Gasteiger partial charge in [-0.05, 0) is 94.0 Å². The topological polar surface area (TPSA) is 80.4 Å². The Morgan fingerprint density at radius 3 is 1.68 bits per heavy atom. The molecule has 0 atom stereocenters. The van der Waals surface area contributed by atoms with E-state index in [1.54, 1.807) is 12.3 Å². The third-order valence-corrected chi connectivity index (χ3v) is 8.62. The molecule has 0 aliphatic heterocycles. The summed E-state index contributed by atoms with van der Waals surface area (Å²) in [5.41, 5.74) is 9.37. The van der Waals surface area contributed by atoms with E-state index in [0.29, 0.717) is 17.0 Å². The quantitative estimate of drug-likeness (QED) is 0.0824. The van der Waals surface area contributed by atoms with Gasteiger partial charge in [0.05, 0.1) is 0 Å². The fourth-order valence-electron chi connectivity index (χ4n) is 5.21. The van der Waals surface area contributed by atoms with Crippen LogP contribution in [0.2, 0.25) is 0 Å². The van der Waals surface area contributed by atoms with Crippen molar-refractivity contribution in [3.05, 3.63) is 92.7 Å². The predicted octanol–water partition coefficient (Wildman–Crippen LogP) is 8.90. The first-order valence-electron chi connectivity index (χ1n) is 14.1. The number of hydroxylamine groups is 1. The van der Waals surface area contributed by atoms with Gasteiger partial charge in [0.25, 0.3) is 10.1 Å². The lowest BCUT2D eigenvalue weighted by atomic mass is 9.99. The van der Waals surface area contributed by atoms with Crippen molar-refractivity contribution in [2.45, 2.75) is 84.6 Å². The maximum Gasteiger partial charge on any atom is 0.295 e. The van der Waals surface area contributed by atoms with Gasteiger partial charge >= 0.3 is 0 Å². The molecule has 41 heavy (non-hydrogen) atoms. The van der Waals surface area contributed by atoms with Gasteiger partial charge in [0.1, 0.15) is 4.90 Å². The van der Waals surface area contributed by atoms with E-state index in [4.69, 9.17) is 0 Å². The summed E-state index contributed by atoms with van der Waals surface area (Å²) in [6.45, 7) is 18.1. The van der Waals surface area contributed by atoms with Crippen LogP contribution in [-0.4, -0.2) is 29.5 Å². The van der Waals surface area contributed by atoms with E-state index < -0.39 is 15.7 Å². The molecule has 216 valence electrons. The van der Waals surface area contributed by atoms with Gasteiger partial charge in [-0.2, -0.15) is 8.42 Å². The van der Waals surface area contributed by atoms with Crippen LogP contribution in [0.15, 0.2) is 53.4 Å². The van der Waals surface area contributed by atoms with E-state index in [9.17, 15) is 18.2 Å². The van der Waals surface area contributed by atoms with Crippen molar-refractivity contribution >= 4 is 28.5 Å². The molecule has 4 aliphatic carbocycles. The summed E-state index contributed by atoms with van der Waals surface area (Å²) in [5.74, 6) is 0.498. The van der Waals surface area contributed by atoms with Gasteiger partial charge in [-0.1, -0.05) is 70.2 Å². The maximum absolute atomic E-state index is 13.0. The van der Waals surface area contributed by atoms with E-state index in [-0.39, 0.29) is 10.8 Å². The first-order chi connectivity index (χ1) is 19.0. The smallest absolute Gasteiger partial charge is 0.295 e. The SMILES string of the molecule is Cc1ccc(C(C)C)cc2c(/C=[N+](\[O-])C(C)(C)C)cc(/C=C/c3cc(S(=O)(=O)O)c4cc(C(C)C)ccc(C)c3-4)c1-2. The second kappa shape index (κ2) is 11.1. The Morgan fingerprint density at radius 2 is 1.22 bits per heavy atom. The average molecular weight is 572 g/mol. The lowest BCUT2D eigenvalue weighted by molar-refractivity contribution is -0.530. The molecule has 0 heterocycles. The number of rotatable bonds is 6. The molecule has 0 fully saturated rings. The Bertz CT molecular complexity index is 1720. The van der Waals surface area contributed by atoms with E-state index in [0.717, 1.165) is 49.2 Å². The van der Waals surface area contributed by atoms with Crippen molar-refractivity contribution in [3.8, 4) is 22.3 Å². The van der Waals surface area contributed by atoms with Crippen LogP contribution in [0.4, 0.5) is 0 Å². The van der Waals surface area contributed by atoms with Gasteiger partial charge in [-0.25, -0.2) is 4.74 Å². The van der Waals surface area contributed by atoms with Gasteiger partial charge in [-0.3, -0.25) is 4.55 Å². The number of nitrogens with zero attached hydrogens (tertiary/aromatic N) is 1. The van der Waals surface area contributed by atoms with Crippen molar-refractivity contribution in [1.29, 1.82) is 0 Å². The van der Waals surface area contributed by atoms with Crippen molar-refractivity contribution in [1.82, 2.24) is 0 Å². The summed E-state index contributed by atoms with van der Waals surface area (Å²) in [6, 6.07) is 15.9. The zero-order valence-corrected chi connectivity index (χ0v) is 26.3. The molecule has 0 aromatic heterocycles. The largest absolute Gasteiger partial charge is 0.623 e. The van der Waals surface area contributed by atoms with Crippen molar-refractivity contribution < 1.29 is 17.7 Å². The van der Waals surface area contributed by atoms with Crippen LogP contribution in [0.5, 0.6) is 0 Å². The first kappa shape index (κ1) is 30.5. The molecule has 1 N–H and O–H groups in total. The highest BCUT2D eigenvalue weighted by atomic mass is 32.2. The Kier molecular flexibility index (Phi) is 8.23. The molecule has 0 aromatic carbocycles. The molecule has 0 saturated carbocycles. The zero-order chi connectivity index (χ0) is 30.4. The summed E-state index contributed by atoms with van der Waals surface area (Å²) in [4.78, 5) is -0.0916. The molecular formula is C35H41NO4S. The second-order valence-electron chi connectivity index (χ2n) is 12.7. The maximum atomic E-state index is 13.0. The Morgan fingerprint density at radius 1 is 0.756 bits per heavy atom. The van der Waals surface area contributed by atoms with Crippen LogP contribution < -0.4 is 0 Å². The predicted molar refractivity (Wildman–Crippen MR) is 171 cm³/mol. The van der Waals surface area contributed by atoms with Gasteiger partial charge < -0.3 is 5.21 Å². The van der Waals surface area contributed by atoms with Crippen LogP contribution in [-0.2, 0) is 10.1 Å². The van der Waals surface area contributed by atoms with E-state index >= 15 is 0 Å². The summed E-state index contributed by atoms with van der Waals surface area (Å²) in [6.07, 6.45) is 5.55. The molecule has 0 radical (unpaired) electrons. The van der Waals surface area contributed by atoms with Crippen molar-refractivity contribution in [2.75, 3.05) is 0 Å².